The Labute approximate surface area is 49.0 Å². The predicted molar refractivity (Wildman–Crippen MR) is 24.3 cm³/mol. The summed E-state index contributed by atoms with van der Waals surface area (Å²) in [4.78, 5) is 9.01. The van der Waals surface area contributed by atoms with E-state index in [0.717, 1.165) is 6.20 Å². The fourth-order valence-corrected chi connectivity index (χ4v) is 0.358. The molecular weight excluding hydrogens is 128 g/mol. The zero-order valence-electron chi connectivity index (χ0n) is 4.14. The SMILES string of the molecule is O=[N+]([O-])C1=C[NH+]([O-])N=N1. The molecule has 1 unspecified atom stereocenters. The summed E-state index contributed by atoms with van der Waals surface area (Å²) in [6.45, 7) is 0. The Morgan fingerprint density at radius 1 is 1.78 bits per heavy atom. The smallest absolute Gasteiger partial charge is 0.451 e. The van der Waals surface area contributed by atoms with Gasteiger partial charge in [-0.25, -0.2) is 0 Å². The summed E-state index contributed by atoms with van der Waals surface area (Å²) >= 11 is 0. The molecule has 1 heterocycles. The van der Waals surface area contributed by atoms with E-state index < -0.39 is 15.9 Å². The van der Waals surface area contributed by atoms with Crippen molar-refractivity contribution in [2.24, 2.45) is 10.3 Å². The fourth-order valence-electron chi connectivity index (χ4n) is 0.358. The van der Waals surface area contributed by atoms with Crippen molar-refractivity contribution in [3.63, 3.8) is 0 Å². The average molecular weight is 130 g/mol. The van der Waals surface area contributed by atoms with Gasteiger partial charge in [-0.05, 0) is 4.92 Å². The minimum atomic E-state index is -0.769. The van der Waals surface area contributed by atoms with Crippen molar-refractivity contribution >= 4 is 0 Å². The van der Waals surface area contributed by atoms with Crippen LogP contribution in [0.5, 0.6) is 0 Å². The summed E-state index contributed by atoms with van der Waals surface area (Å²) < 4.78 is 0. The predicted octanol–water partition coefficient (Wildman–Crippen LogP) is -1.17. The van der Waals surface area contributed by atoms with Gasteiger partial charge in [0.05, 0.1) is 0 Å². The van der Waals surface area contributed by atoms with Crippen LogP contribution in [-0.2, 0) is 0 Å². The maximum atomic E-state index is 10.1. The first-order valence-electron chi connectivity index (χ1n) is 2.02. The molecule has 1 rings (SSSR count). The third-order valence-corrected chi connectivity index (χ3v) is 0.691. The number of nitrogens with zero attached hydrogens (tertiary/aromatic N) is 3. The van der Waals surface area contributed by atoms with Gasteiger partial charge in [0.15, 0.2) is 5.22 Å². The van der Waals surface area contributed by atoms with Gasteiger partial charge < -0.3 is 15.3 Å². The third-order valence-electron chi connectivity index (χ3n) is 0.691. The molecule has 0 bridgehead atoms. The van der Waals surface area contributed by atoms with E-state index in [-0.39, 0.29) is 0 Å². The van der Waals surface area contributed by atoms with Crippen molar-refractivity contribution in [1.29, 1.82) is 0 Å². The summed E-state index contributed by atoms with van der Waals surface area (Å²) in [5, 5.41) is 25.1. The van der Waals surface area contributed by atoms with E-state index in [1.54, 1.807) is 0 Å². The summed E-state index contributed by atoms with van der Waals surface area (Å²) in [7, 11) is 0. The summed E-state index contributed by atoms with van der Waals surface area (Å²) in [5.41, 5.74) is 0. The Morgan fingerprint density at radius 2 is 2.44 bits per heavy atom. The van der Waals surface area contributed by atoms with E-state index in [1.165, 1.54) is 0 Å². The fraction of sp³-hybridized carbons (Fsp3) is 0. The first kappa shape index (κ1) is 5.79. The van der Waals surface area contributed by atoms with Crippen LogP contribution in [0.4, 0.5) is 0 Å². The van der Waals surface area contributed by atoms with Crippen LogP contribution >= 0.6 is 0 Å². The first-order chi connectivity index (χ1) is 4.20. The standard InChI is InChI=1S/C2H2N4O3/c7-5-1-2(3-4-5)6(8)9/h1,5H. The highest BCUT2D eigenvalue weighted by Gasteiger charge is 2.20. The van der Waals surface area contributed by atoms with Gasteiger partial charge in [0.1, 0.15) is 5.11 Å². The molecule has 0 aliphatic carbocycles. The molecule has 0 aromatic rings. The molecule has 1 atom stereocenters. The molecule has 1 N–H and O–H groups in total. The van der Waals surface area contributed by atoms with E-state index in [1.807, 2.05) is 0 Å². The Bertz CT molecular complexity index is 196. The van der Waals surface area contributed by atoms with Crippen LogP contribution in [0.15, 0.2) is 22.4 Å². The van der Waals surface area contributed by atoms with Crippen molar-refractivity contribution < 1.29 is 10.1 Å². The molecule has 7 nitrogen and oxygen atoms in total. The first-order valence-corrected chi connectivity index (χ1v) is 2.02. The summed E-state index contributed by atoms with van der Waals surface area (Å²) in [6, 6.07) is 0. The van der Waals surface area contributed by atoms with Gasteiger partial charge in [0.25, 0.3) is 0 Å². The highest BCUT2D eigenvalue weighted by atomic mass is 16.6. The topological polar surface area (TPSA) is 95.4 Å². The maximum absolute atomic E-state index is 10.1. The minimum absolute atomic E-state index is 0.500. The van der Waals surface area contributed by atoms with Crippen molar-refractivity contribution in [3.05, 3.63) is 27.3 Å². The van der Waals surface area contributed by atoms with Crippen LogP contribution in [0.25, 0.3) is 0 Å². The quantitative estimate of drug-likeness (QED) is 0.275. The summed E-state index contributed by atoms with van der Waals surface area (Å²) in [6.07, 6.45) is 0.764. The molecule has 9 heavy (non-hydrogen) atoms. The van der Waals surface area contributed by atoms with Crippen molar-refractivity contribution in [1.82, 2.24) is 0 Å². The number of nitrogens with one attached hydrogen (secondary N) is 1. The van der Waals surface area contributed by atoms with E-state index in [0.29, 0.717) is 0 Å². The molecule has 1 aliphatic heterocycles. The molecule has 0 radical (unpaired) electrons. The average Bonchev–Trinajstić information content (AvgIpc) is 2.14. The van der Waals surface area contributed by atoms with Gasteiger partial charge in [0, 0.05) is 0 Å². The van der Waals surface area contributed by atoms with Crippen LogP contribution in [0, 0.1) is 15.3 Å². The highest BCUT2D eigenvalue weighted by Crippen LogP contribution is 1.96. The van der Waals surface area contributed by atoms with Gasteiger partial charge in [-0.15, -0.1) is 0 Å². The minimum Gasteiger partial charge on any atom is -0.598 e. The zero-order valence-corrected chi connectivity index (χ0v) is 4.14. The molecule has 7 heteroatoms. The number of rotatable bonds is 1. The molecule has 0 fully saturated rings. The second-order valence-corrected chi connectivity index (χ2v) is 1.30. The van der Waals surface area contributed by atoms with Crippen LogP contribution in [-0.4, -0.2) is 4.92 Å². The molecule has 0 spiro atoms. The van der Waals surface area contributed by atoms with E-state index in [4.69, 9.17) is 0 Å². The van der Waals surface area contributed by atoms with E-state index in [2.05, 4.69) is 10.3 Å². The van der Waals surface area contributed by atoms with Crippen LogP contribution < -0.4 is 5.17 Å². The van der Waals surface area contributed by atoms with E-state index in [9.17, 15) is 15.3 Å². The maximum Gasteiger partial charge on any atom is 0.451 e. The zero-order chi connectivity index (χ0) is 6.85. The van der Waals surface area contributed by atoms with Crippen LogP contribution in [0.1, 0.15) is 0 Å². The summed E-state index contributed by atoms with van der Waals surface area (Å²) in [5.74, 6) is -0.500. The molecule has 0 aromatic carbocycles. The number of quaternary nitrogens is 1. The van der Waals surface area contributed by atoms with Gasteiger partial charge in [-0.3, -0.25) is 0 Å². The van der Waals surface area contributed by atoms with E-state index >= 15 is 0 Å². The van der Waals surface area contributed by atoms with Crippen molar-refractivity contribution in [2.75, 3.05) is 0 Å². The molecule has 0 saturated carbocycles. The van der Waals surface area contributed by atoms with Gasteiger partial charge in [-0.1, -0.05) is 0 Å². The Balaban J connectivity index is 2.75. The second-order valence-electron chi connectivity index (χ2n) is 1.30. The van der Waals surface area contributed by atoms with Crippen molar-refractivity contribution in [3.8, 4) is 0 Å². The molecule has 0 saturated heterocycles. The van der Waals surface area contributed by atoms with Crippen LogP contribution in [0.3, 0.4) is 0 Å². The Hall–Kier alpha value is -1.34. The number of hydroxylamine groups is 1. The monoisotopic (exact) mass is 130 g/mol. The third kappa shape index (κ3) is 1.06. The molecule has 1 aliphatic rings. The Kier molecular flexibility index (Phi) is 1.21. The molecule has 0 amide bonds. The second kappa shape index (κ2) is 1.88. The lowest BCUT2D eigenvalue weighted by atomic mass is 10.8. The largest absolute Gasteiger partial charge is 0.598 e. The lowest BCUT2D eigenvalue weighted by Gasteiger charge is -1.94. The van der Waals surface area contributed by atoms with Crippen molar-refractivity contribution in [2.45, 2.75) is 0 Å². The van der Waals surface area contributed by atoms with Gasteiger partial charge >= 0.3 is 5.82 Å². The van der Waals surface area contributed by atoms with Gasteiger partial charge in [0.2, 0.25) is 6.20 Å². The number of hydrogen-bond acceptors (Lipinski definition) is 5. The number of hydrogen-bond donors (Lipinski definition) is 1. The van der Waals surface area contributed by atoms with Gasteiger partial charge in [-0.2, -0.15) is 5.17 Å². The normalized spacial score (nSPS) is 24.1. The number of nitro groups is 1. The lowest BCUT2D eigenvalue weighted by Crippen LogP contribution is -2.95. The molecule has 0 aromatic heterocycles. The lowest BCUT2D eigenvalue weighted by molar-refractivity contribution is -0.800. The Morgan fingerprint density at radius 3 is 2.67 bits per heavy atom. The molecule has 48 valence electrons. The molecular formula is C2H2N4O3. The highest BCUT2D eigenvalue weighted by molar-refractivity contribution is 4.81. The van der Waals surface area contributed by atoms with Crippen LogP contribution in [0.2, 0.25) is 0 Å².